The van der Waals surface area contributed by atoms with E-state index in [1.165, 1.54) is 0 Å². The van der Waals surface area contributed by atoms with Gasteiger partial charge in [-0.2, -0.15) is 0 Å². The maximum Gasteiger partial charge on any atom is 0.150 e. The van der Waals surface area contributed by atoms with Gasteiger partial charge in [-0.1, -0.05) is 6.92 Å². The first-order chi connectivity index (χ1) is 7.94. The van der Waals surface area contributed by atoms with Crippen molar-refractivity contribution in [2.75, 3.05) is 24.7 Å². The minimum atomic E-state index is -2.80. The molecule has 5 heteroatoms. The lowest BCUT2D eigenvalue weighted by atomic mass is 10.00. The Bertz CT molecular complexity index is 314. The van der Waals surface area contributed by atoms with Gasteiger partial charge in [-0.25, -0.2) is 8.42 Å². The molecule has 17 heavy (non-hydrogen) atoms. The second-order valence-corrected chi connectivity index (χ2v) is 7.33. The van der Waals surface area contributed by atoms with Crippen LogP contribution in [0, 0.1) is 5.92 Å². The number of ether oxygens (including phenoxy) is 1. The minimum absolute atomic E-state index is 0.176. The zero-order valence-corrected chi connectivity index (χ0v) is 11.9. The Balaban J connectivity index is 2.50. The van der Waals surface area contributed by atoms with Gasteiger partial charge in [0.05, 0.1) is 24.2 Å². The van der Waals surface area contributed by atoms with Crippen LogP contribution in [0.3, 0.4) is 0 Å². The van der Waals surface area contributed by atoms with Gasteiger partial charge in [-0.3, -0.25) is 0 Å². The molecular formula is C12H25NO3S. The van der Waals surface area contributed by atoms with Crippen molar-refractivity contribution in [3.05, 3.63) is 0 Å². The third kappa shape index (κ3) is 5.36. The van der Waals surface area contributed by atoms with Crippen LogP contribution in [0.5, 0.6) is 0 Å². The zero-order chi connectivity index (χ0) is 12.9. The van der Waals surface area contributed by atoms with Gasteiger partial charge in [0.1, 0.15) is 0 Å². The van der Waals surface area contributed by atoms with E-state index < -0.39 is 9.84 Å². The molecule has 102 valence electrons. The average molecular weight is 263 g/mol. The molecule has 2 atom stereocenters. The second kappa shape index (κ2) is 6.71. The van der Waals surface area contributed by atoms with E-state index in [-0.39, 0.29) is 18.1 Å². The van der Waals surface area contributed by atoms with Crippen LogP contribution in [-0.2, 0) is 14.6 Å². The summed E-state index contributed by atoms with van der Waals surface area (Å²) in [6, 6.07) is 0.176. The van der Waals surface area contributed by atoms with E-state index in [2.05, 4.69) is 12.2 Å². The van der Waals surface area contributed by atoms with Crippen molar-refractivity contribution in [3.63, 3.8) is 0 Å². The fraction of sp³-hybridized carbons (Fsp3) is 1.00. The van der Waals surface area contributed by atoms with E-state index in [9.17, 15) is 8.42 Å². The molecule has 4 nitrogen and oxygen atoms in total. The van der Waals surface area contributed by atoms with Crippen molar-refractivity contribution in [3.8, 4) is 0 Å². The van der Waals surface area contributed by atoms with E-state index in [1.807, 2.05) is 13.8 Å². The monoisotopic (exact) mass is 263 g/mol. The van der Waals surface area contributed by atoms with Gasteiger partial charge in [0.25, 0.3) is 0 Å². The number of rotatable bonds is 7. The summed E-state index contributed by atoms with van der Waals surface area (Å²) in [5, 5.41) is 3.42. The molecule has 0 spiro atoms. The molecule has 1 saturated heterocycles. The molecule has 1 aliphatic rings. The van der Waals surface area contributed by atoms with Gasteiger partial charge in [0.2, 0.25) is 0 Å². The number of hydrogen-bond acceptors (Lipinski definition) is 4. The third-order valence-electron chi connectivity index (χ3n) is 3.10. The van der Waals surface area contributed by atoms with Crippen molar-refractivity contribution in [2.45, 2.75) is 45.8 Å². The Morgan fingerprint density at radius 3 is 2.59 bits per heavy atom. The topological polar surface area (TPSA) is 55.4 Å². The summed E-state index contributed by atoms with van der Waals surface area (Å²) >= 11 is 0. The Labute approximate surface area is 105 Å². The van der Waals surface area contributed by atoms with Gasteiger partial charge in [-0.05, 0) is 39.2 Å². The molecule has 0 aromatic rings. The average Bonchev–Trinajstić information content (AvgIpc) is 2.58. The highest BCUT2D eigenvalue weighted by atomic mass is 32.2. The first kappa shape index (κ1) is 14.9. The molecule has 1 aliphatic heterocycles. The molecule has 0 aliphatic carbocycles. The lowest BCUT2D eigenvalue weighted by Crippen LogP contribution is -2.41. The Morgan fingerprint density at radius 1 is 1.41 bits per heavy atom. The van der Waals surface area contributed by atoms with E-state index in [0.717, 1.165) is 19.4 Å². The highest BCUT2D eigenvalue weighted by molar-refractivity contribution is 7.91. The summed E-state index contributed by atoms with van der Waals surface area (Å²) in [5.74, 6) is 0.866. The normalized spacial score (nSPS) is 25.3. The highest BCUT2D eigenvalue weighted by Gasteiger charge is 2.33. The molecule has 0 bridgehead atoms. The van der Waals surface area contributed by atoms with Crippen molar-refractivity contribution >= 4 is 9.84 Å². The van der Waals surface area contributed by atoms with Crippen molar-refractivity contribution in [1.82, 2.24) is 5.32 Å². The maximum atomic E-state index is 11.5. The van der Waals surface area contributed by atoms with Crippen molar-refractivity contribution in [1.29, 1.82) is 0 Å². The van der Waals surface area contributed by atoms with E-state index >= 15 is 0 Å². The molecule has 2 unspecified atom stereocenters. The summed E-state index contributed by atoms with van der Waals surface area (Å²) in [6.07, 6.45) is 2.02. The number of sulfone groups is 1. The van der Waals surface area contributed by atoms with Gasteiger partial charge >= 0.3 is 0 Å². The molecule has 1 rings (SSSR count). The lowest BCUT2D eigenvalue weighted by Gasteiger charge is -2.24. The number of hydrogen-bond donors (Lipinski definition) is 1. The molecule has 0 radical (unpaired) electrons. The predicted octanol–water partition coefficient (Wildman–Crippen LogP) is 1.21. The molecule has 1 N–H and O–H groups in total. The second-order valence-electron chi connectivity index (χ2n) is 5.11. The van der Waals surface area contributed by atoms with Crippen LogP contribution in [0.25, 0.3) is 0 Å². The molecule has 1 heterocycles. The minimum Gasteiger partial charge on any atom is -0.377 e. The summed E-state index contributed by atoms with van der Waals surface area (Å²) in [7, 11) is -2.80. The summed E-state index contributed by atoms with van der Waals surface area (Å²) in [5.41, 5.74) is 0. The van der Waals surface area contributed by atoms with Gasteiger partial charge in [0.15, 0.2) is 9.84 Å². The summed E-state index contributed by atoms with van der Waals surface area (Å²) in [4.78, 5) is 0. The van der Waals surface area contributed by atoms with Crippen LogP contribution >= 0.6 is 0 Å². The van der Waals surface area contributed by atoms with Crippen LogP contribution in [-0.4, -0.2) is 45.2 Å². The van der Waals surface area contributed by atoms with Crippen LogP contribution < -0.4 is 5.32 Å². The fourth-order valence-electron chi connectivity index (χ4n) is 2.13. The smallest absolute Gasteiger partial charge is 0.150 e. The first-order valence-electron chi connectivity index (χ1n) is 6.50. The van der Waals surface area contributed by atoms with E-state index in [1.54, 1.807) is 0 Å². The molecule has 1 fully saturated rings. The molecule has 0 amide bonds. The van der Waals surface area contributed by atoms with Crippen LogP contribution in [0.2, 0.25) is 0 Å². The fourth-order valence-corrected chi connectivity index (χ4v) is 4.01. The van der Waals surface area contributed by atoms with Crippen molar-refractivity contribution in [2.24, 2.45) is 5.92 Å². The lowest BCUT2D eigenvalue weighted by molar-refractivity contribution is 0.0507. The quantitative estimate of drug-likeness (QED) is 0.750. The zero-order valence-electron chi connectivity index (χ0n) is 11.1. The third-order valence-corrected chi connectivity index (χ3v) is 4.90. The SMILES string of the molecule is CCCNC(COC(C)C)C1CCS(=O)(=O)C1. The summed E-state index contributed by atoms with van der Waals surface area (Å²) < 4.78 is 28.6. The predicted molar refractivity (Wildman–Crippen MR) is 69.9 cm³/mol. The first-order valence-corrected chi connectivity index (χ1v) is 8.32. The number of nitrogens with one attached hydrogen (secondary N) is 1. The largest absolute Gasteiger partial charge is 0.377 e. The molecule has 0 aromatic carbocycles. The Kier molecular flexibility index (Phi) is 5.89. The Morgan fingerprint density at radius 2 is 2.12 bits per heavy atom. The van der Waals surface area contributed by atoms with Crippen molar-refractivity contribution < 1.29 is 13.2 Å². The molecule has 0 saturated carbocycles. The standard InChI is InChI=1S/C12H25NO3S/c1-4-6-13-12(8-16-10(2)3)11-5-7-17(14,15)9-11/h10-13H,4-9H2,1-3H3. The Hall–Kier alpha value is -0.130. The van der Waals surface area contributed by atoms with Crippen LogP contribution in [0.4, 0.5) is 0 Å². The van der Waals surface area contributed by atoms with E-state index in [0.29, 0.717) is 18.1 Å². The van der Waals surface area contributed by atoms with Crippen LogP contribution in [0.1, 0.15) is 33.6 Å². The summed E-state index contributed by atoms with van der Waals surface area (Å²) in [6.45, 7) is 7.64. The molecular weight excluding hydrogens is 238 g/mol. The van der Waals surface area contributed by atoms with Crippen LogP contribution in [0.15, 0.2) is 0 Å². The molecule has 0 aromatic heterocycles. The van der Waals surface area contributed by atoms with Gasteiger partial charge in [-0.15, -0.1) is 0 Å². The van der Waals surface area contributed by atoms with Gasteiger partial charge in [0, 0.05) is 6.04 Å². The highest BCUT2D eigenvalue weighted by Crippen LogP contribution is 2.22. The van der Waals surface area contributed by atoms with Gasteiger partial charge < -0.3 is 10.1 Å². The maximum absolute atomic E-state index is 11.5. The van der Waals surface area contributed by atoms with E-state index in [4.69, 9.17) is 4.74 Å².